The molecule has 0 radical (unpaired) electrons. The van der Waals surface area contributed by atoms with E-state index >= 15 is 0 Å². The van der Waals surface area contributed by atoms with Crippen molar-refractivity contribution in [3.8, 4) is 0 Å². The number of hydrogen-bond donors (Lipinski definition) is 3. The van der Waals surface area contributed by atoms with Crippen molar-refractivity contribution in [3.05, 3.63) is 35.3 Å². The summed E-state index contributed by atoms with van der Waals surface area (Å²) in [5, 5.41) is 20.9. The fraction of sp³-hybridized carbons (Fsp3) is 0.400. The number of aliphatic hydroxyl groups excluding tert-OH is 1. The van der Waals surface area contributed by atoms with E-state index in [-0.39, 0.29) is 0 Å². The van der Waals surface area contributed by atoms with Crippen molar-refractivity contribution in [1.82, 2.24) is 14.7 Å². The average molecular weight is 305 g/mol. The third-order valence-electron chi connectivity index (χ3n) is 3.50. The van der Waals surface area contributed by atoms with E-state index in [0.717, 1.165) is 5.56 Å². The number of amides is 1. The lowest BCUT2D eigenvalue weighted by Crippen LogP contribution is -2.48. The van der Waals surface area contributed by atoms with Gasteiger partial charge < -0.3 is 15.5 Å². The Morgan fingerprint density at radius 3 is 2.68 bits per heavy atom. The molecule has 0 bridgehead atoms. The van der Waals surface area contributed by atoms with Crippen molar-refractivity contribution in [2.75, 3.05) is 0 Å². The molecule has 0 fully saturated rings. The molecule has 0 saturated carbocycles. The van der Waals surface area contributed by atoms with Crippen LogP contribution in [0.15, 0.2) is 18.3 Å². The number of aromatic nitrogens is 2. The molecular weight excluding hydrogens is 286 g/mol. The molecule has 118 valence electrons. The Labute approximate surface area is 127 Å². The van der Waals surface area contributed by atoms with Crippen molar-refractivity contribution in [3.63, 3.8) is 0 Å². The van der Waals surface area contributed by atoms with Crippen LogP contribution in [0.4, 0.5) is 0 Å². The molecule has 0 aliphatic heterocycles. The largest absolute Gasteiger partial charge is 0.480 e. The number of aliphatic hydroxyl groups is 1. The molecular formula is C15H19N3O4. The van der Waals surface area contributed by atoms with Gasteiger partial charge in [0.25, 0.3) is 5.91 Å². The maximum absolute atomic E-state index is 12.5. The van der Waals surface area contributed by atoms with Crippen LogP contribution in [0.3, 0.4) is 0 Å². The molecule has 0 aromatic carbocycles. The second-order valence-corrected chi connectivity index (χ2v) is 5.18. The van der Waals surface area contributed by atoms with Crippen LogP contribution in [0.1, 0.15) is 35.6 Å². The fourth-order valence-electron chi connectivity index (χ4n) is 2.34. The highest BCUT2D eigenvalue weighted by Gasteiger charge is 2.28. The third kappa shape index (κ3) is 2.80. The highest BCUT2D eigenvalue weighted by molar-refractivity contribution is 5.97. The van der Waals surface area contributed by atoms with Gasteiger partial charge >= 0.3 is 5.97 Å². The molecule has 7 nitrogen and oxygen atoms in total. The molecule has 22 heavy (non-hydrogen) atoms. The molecule has 2 rings (SSSR count). The standard InChI is InChI=1S/C15H19N3O4/c1-4-10-12(14(20)17-11(9(3)19)15(21)22)18-7-5-6-8(2)13(18)16-10/h5-7,9,11,19H,4H2,1-3H3,(H,17,20)(H,21,22). The molecule has 3 N–H and O–H groups in total. The summed E-state index contributed by atoms with van der Waals surface area (Å²) < 4.78 is 1.64. The summed E-state index contributed by atoms with van der Waals surface area (Å²) in [5.74, 6) is -1.85. The van der Waals surface area contributed by atoms with E-state index in [1.165, 1.54) is 6.92 Å². The maximum Gasteiger partial charge on any atom is 0.328 e. The summed E-state index contributed by atoms with van der Waals surface area (Å²) in [6, 6.07) is 2.32. The Morgan fingerprint density at radius 1 is 1.45 bits per heavy atom. The maximum atomic E-state index is 12.5. The normalized spacial score (nSPS) is 13.8. The van der Waals surface area contributed by atoms with Gasteiger partial charge in [0.2, 0.25) is 0 Å². The minimum atomic E-state index is -1.37. The Balaban J connectivity index is 2.47. The number of aliphatic carboxylic acids is 1. The number of imidazole rings is 1. The zero-order chi connectivity index (χ0) is 16.4. The van der Waals surface area contributed by atoms with Gasteiger partial charge in [0.05, 0.1) is 11.8 Å². The van der Waals surface area contributed by atoms with E-state index in [1.54, 1.807) is 16.7 Å². The monoisotopic (exact) mass is 305 g/mol. The SMILES string of the molecule is CCc1nc2c(C)cccn2c1C(=O)NC(C(=O)O)C(C)O. The molecule has 2 atom stereocenters. The van der Waals surface area contributed by atoms with Crippen LogP contribution >= 0.6 is 0 Å². The van der Waals surface area contributed by atoms with Gasteiger partial charge in [-0.1, -0.05) is 13.0 Å². The van der Waals surface area contributed by atoms with Gasteiger partial charge in [-0.15, -0.1) is 0 Å². The predicted molar refractivity (Wildman–Crippen MR) is 79.9 cm³/mol. The van der Waals surface area contributed by atoms with Crippen LogP contribution in [0.25, 0.3) is 5.65 Å². The number of carboxylic acids is 1. The van der Waals surface area contributed by atoms with Crippen molar-refractivity contribution in [2.45, 2.75) is 39.3 Å². The number of carboxylic acid groups (broad SMARTS) is 1. The number of fused-ring (bicyclic) bond motifs is 1. The molecule has 2 heterocycles. The fourth-order valence-corrected chi connectivity index (χ4v) is 2.34. The van der Waals surface area contributed by atoms with Gasteiger partial charge in [-0.2, -0.15) is 0 Å². The summed E-state index contributed by atoms with van der Waals surface area (Å²) in [5.41, 5.74) is 2.46. The molecule has 0 aliphatic carbocycles. The number of rotatable bonds is 5. The van der Waals surface area contributed by atoms with Crippen LogP contribution in [-0.4, -0.2) is 43.6 Å². The molecule has 0 spiro atoms. The highest BCUT2D eigenvalue weighted by atomic mass is 16.4. The van der Waals surface area contributed by atoms with Crippen molar-refractivity contribution in [2.24, 2.45) is 0 Å². The summed E-state index contributed by atoms with van der Waals surface area (Å²) >= 11 is 0. The Bertz CT molecular complexity index is 721. The van der Waals surface area contributed by atoms with Crippen molar-refractivity contribution in [1.29, 1.82) is 0 Å². The quantitative estimate of drug-likeness (QED) is 0.757. The smallest absolute Gasteiger partial charge is 0.328 e. The topological polar surface area (TPSA) is 104 Å². The van der Waals surface area contributed by atoms with Crippen LogP contribution in [-0.2, 0) is 11.2 Å². The van der Waals surface area contributed by atoms with E-state index in [0.29, 0.717) is 23.5 Å². The minimum Gasteiger partial charge on any atom is -0.480 e. The highest BCUT2D eigenvalue weighted by Crippen LogP contribution is 2.17. The number of nitrogens with one attached hydrogen (secondary N) is 1. The molecule has 2 aromatic rings. The molecule has 0 saturated heterocycles. The second-order valence-electron chi connectivity index (χ2n) is 5.18. The summed E-state index contributed by atoms with van der Waals surface area (Å²) in [6.45, 7) is 5.08. The van der Waals surface area contributed by atoms with Gasteiger partial charge in [0.1, 0.15) is 11.3 Å². The Hall–Kier alpha value is -2.41. The zero-order valence-electron chi connectivity index (χ0n) is 12.7. The van der Waals surface area contributed by atoms with Gasteiger partial charge in [-0.3, -0.25) is 9.20 Å². The van der Waals surface area contributed by atoms with Crippen molar-refractivity contribution < 1.29 is 19.8 Å². The van der Waals surface area contributed by atoms with E-state index in [4.69, 9.17) is 5.11 Å². The molecule has 2 unspecified atom stereocenters. The van der Waals surface area contributed by atoms with Gasteiger partial charge in [0.15, 0.2) is 6.04 Å². The summed E-state index contributed by atoms with van der Waals surface area (Å²) in [6.07, 6.45) is 1.05. The molecule has 2 aromatic heterocycles. The van der Waals surface area contributed by atoms with Crippen LogP contribution in [0.5, 0.6) is 0 Å². The second kappa shape index (κ2) is 6.15. The third-order valence-corrected chi connectivity index (χ3v) is 3.50. The van der Waals surface area contributed by atoms with Crippen molar-refractivity contribution >= 4 is 17.5 Å². The lowest BCUT2D eigenvalue weighted by atomic mass is 10.1. The number of carbonyl (C=O) groups excluding carboxylic acids is 1. The van der Waals surface area contributed by atoms with Gasteiger partial charge in [-0.25, -0.2) is 9.78 Å². The summed E-state index contributed by atoms with van der Waals surface area (Å²) in [7, 11) is 0. The van der Waals surface area contributed by atoms with Gasteiger partial charge in [0, 0.05) is 6.20 Å². The van der Waals surface area contributed by atoms with Gasteiger partial charge in [-0.05, 0) is 31.9 Å². The number of hydrogen-bond acceptors (Lipinski definition) is 4. The first-order valence-electron chi connectivity index (χ1n) is 7.05. The first kappa shape index (κ1) is 16.0. The molecule has 7 heteroatoms. The molecule has 0 aliphatic rings. The summed E-state index contributed by atoms with van der Waals surface area (Å²) in [4.78, 5) is 28.0. The number of carbonyl (C=O) groups is 2. The number of nitrogens with zero attached hydrogens (tertiary/aromatic N) is 2. The van der Waals surface area contributed by atoms with E-state index in [2.05, 4.69) is 10.3 Å². The predicted octanol–water partition coefficient (Wildman–Crippen LogP) is 0.769. The number of pyridine rings is 1. The first-order valence-corrected chi connectivity index (χ1v) is 7.05. The first-order chi connectivity index (χ1) is 10.4. The van der Waals surface area contributed by atoms with Crippen LogP contribution in [0.2, 0.25) is 0 Å². The Morgan fingerprint density at radius 2 is 2.14 bits per heavy atom. The van der Waals surface area contributed by atoms with Crippen LogP contribution < -0.4 is 5.32 Å². The lowest BCUT2D eigenvalue weighted by Gasteiger charge is -2.17. The zero-order valence-corrected chi connectivity index (χ0v) is 12.7. The lowest BCUT2D eigenvalue weighted by molar-refractivity contribution is -0.141. The Kier molecular flexibility index (Phi) is 4.46. The number of aryl methyl sites for hydroxylation is 2. The molecule has 1 amide bonds. The van der Waals surface area contributed by atoms with E-state index in [9.17, 15) is 14.7 Å². The van der Waals surface area contributed by atoms with Crippen LogP contribution in [0, 0.1) is 6.92 Å². The van der Waals surface area contributed by atoms with E-state index in [1.807, 2.05) is 19.9 Å². The van der Waals surface area contributed by atoms with E-state index < -0.39 is 24.0 Å². The minimum absolute atomic E-state index is 0.299. The average Bonchev–Trinajstić information content (AvgIpc) is 2.83.